The molecule has 0 aromatic heterocycles. The molecule has 0 bridgehead atoms. The topological polar surface area (TPSA) is 63.6 Å². The fourth-order valence-corrected chi connectivity index (χ4v) is 2.82. The minimum Gasteiger partial charge on any atom is -0.478 e. The van der Waals surface area contributed by atoms with E-state index in [2.05, 4.69) is 6.92 Å². The lowest BCUT2D eigenvalue weighted by Crippen LogP contribution is -1.96. The zero-order valence-corrected chi connectivity index (χ0v) is 16.6. The molecule has 0 heterocycles. The number of carboxylic acid groups (broad SMARTS) is 1. The van der Waals surface area contributed by atoms with Crippen LogP contribution in [-0.2, 0) is 14.3 Å². The highest BCUT2D eigenvalue weighted by molar-refractivity contribution is 5.90. The Labute approximate surface area is 159 Å². The Kier molecular flexibility index (Phi) is 18.5. The van der Waals surface area contributed by atoms with Crippen LogP contribution in [0.4, 0.5) is 0 Å². The van der Waals surface area contributed by atoms with Gasteiger partial charge in [-0.25, -0.2) is 9.59 Å². The van der Waals surface area contributed by atoms with Gasteiger partial charge in [0, 0.05) is 12.2 Å². The van der Waals surface area contributed by atoms with Crippen molar-refractivity contribution in [1.29, 1.82) is 0 Å². The van der Waals surface area contributed by atoms with Crippen LogP contribution in [0.3, 0.4) is 0 Å². The number of allylic oxidation sites excluding steroid dienone is 1. The van der Waals surface area contributed by atoms with Crippen LogP contribution in [0.15, 0.2) is 24.5 Å². The highest BCUT2D eigenvalue weighted by Crippen LogP contribution is 2.13. The molecule has 0 aromatic rings. The van der Waals surface area contributed by atoms with Crippen LogP contribution in [0.25, 0.3) is 0 Å². The summed E-state index contributed by atoms with van der Waals surface area (Å²) in [4.78, 5) is 21.3. The van der Waals surface area contributed by atoms with E-state index in [-0.39, 0.29) is 0 Å². The molecule has 0 saturated heterocycles. The predicted molar refractivity (Wildman–Crippen MR) is 107 cm³/mol. The van der Waals surface area contributed by atoms with Crippen LogP contribution in [0.2, 0.25) is 0 Å². The maximum Gasteiger partial charge on any atom is 0.335 e. The van der Waals surface area contributed by atoms with Crippen LogP contribution in [0.1, 0.15) is 103 Å². The standard InChI is InChI=1S/C22H38O4/c1-2-3-4-5-6-7-8-9-10-11-12-13-14-15-16-17-20-26-22(25)19-18-21(23)24/h17-20H,2-16H2,1H3,(H,23,24). The Morgan fingerprint density at radius 3 is 1.65 bits per heavy atom. The zero-order valence-electron chi connectivity index (χ0n) is 16.6. The van der Waals surface area contributed by atoms with Crippen molar-refractivity contribution in [3.05, 3.63) is 24.5 Å². The maximum absolute atomic E-state index is 11.1. The molecule has 26 heavy (non-hydrogen) atoms. The van der Waals surface area contributed by atoms with Crippen LogP contribution in [0.5, 0.6) is 0 Å². The first-order valence-corrected chi connectivity index (χ1v) is 10.4. The number of carboxylic acids is 1. The number of esters is 1. The number of ether oxygens (including phenoxy) is 1. The van der Waals surface area contributed by atoms with Gasteiger partial charge >= 0.3 is 11.9 Å². The smallest absolute Gasteiger partial charge is 0.335 e. The van der Waals surface area contributed by atoms with Crippen LogP contribution in [-0.4, -0.2) is 17.0 Å². The lowest BCUT2D eigenvalue weighted by Gasteiger charge is -2.02. The van der Waals surface area contributed by atoms with Gasteiger partial charge in [0.05, 0.1) is 6.26 Å². The molecule has 0 rings (SSSR count). The van der Waals surface area contributed by atoms with Crippen molar-refractivity contribution in [1.82, 2.24) is 0 Å². The Balaban J connectivity index is 3.23. The Morgan fingerprint density at radius 2 is 1.19 bits per heavy atom. The molecular weight excluding hydrogens is 328 g/mol. The third-order valence-corrected chi connectivity index (χ3v) is 4.37. The van der Waals surface area contributed by atoms with Crippen molar-refractivity contribution < 1.29 is 19.4 Å². The van der Waals surface area contributed by atoms with Crippen molar-refractivity contribution >= 4 is 11.9 Å². The van der Waals surface area contributed by atoms with Gasteiger partial charge in [0.25, 0.3) is 0 Å². The first kappa shape index (κ1) is 24.4. The lowest BCUT2D eigenvalue weighted by atomic mass is 10.0. The Morgan fingerprint density at radius 1 is 0.731 bits per heavy atom. The average Bonchev–Trinajstić information content (AvgIpc) is 2.62. The van der Waals surface area contributed by atoms with Crippen molar-refractivity contribution in [2.45, 2.75) is 103 Å². The highest BCUT2D eigenvalue weighted by atomic mass is 16.5. The van der Waals surface area contributed by atoms with Crippen molar-refractivity contribution in [3.8, 4) is 0 Å². The summed E-state index contributed by atoms with van der Waals surface area (Å²) in [7, 11) is 0. The molecule has 0 atom stereocenters. The first-order chi connectivity index (χ1) is 12.7. The number of carbonyl (C=O) groups excluding carboxylic acids is 1. The number of hydrogen-bond donors (Lipinski definition) is 1. The predicted octanol–water partition coefficient (Wildman–Crippen LogP) is 6.56. The van der Waals surface area contributed by atoms with Gasteiger partial charge in [-0.15, -0.1) is 0 Å². The fourth-order valence-electron chi connectivity index (χ4n) is 2.82. The molecule has 0 aliphatic carbocycles. The van der Waals surface area contributed by atoms with Crippen LogP contribution < -0.4 is 0 Å². The molecule has 4 heteroatoms. The highest BCUT2D eigenvalue weighted by Gasteiger charge is 1.95. The third-order valence-electron chi connectivity index (χ3n) is 4.37. The molecule has 150 valence electrons. The summed E-state index contributed by atoms with van der Waals surface area (Å²) in [6.07, 6.45) is 24.5. The molecule has 0 unspecified atom stereocenters. The zero-order chi connectivity index (χ0) is 19.3. The van der Waals surface area contributed by atoms with Crippen LogP contribution >= 0.6 is 0 Å². The van der Waals surface area contributed by atoms with Gasteiger partial charge in [-0.3, -0.25) is 0 Å². The molecule has 1 N–H and O–H groups in total. The van der Waals surface area contributed by atoms with E-state index in [0.29, 0.717) is 0 Å². The van der Waals surface area contributed by atoms with Gasteiger partial charge in [-0.1, -0.05) is 90.4 Å². The number of rotatable bonds is 18. The summed E-state index contributed by atoms with van der Waals surface area (Å²) < 4.78 is 4.74. The molecule has 0 spiro atoms. The van der Waals surface area contributed by atoms with Crippen molar-refractivity contribution in [2.75, 3.05) is 0 Å². The molecule has 0 aromatic carbocycles. The minimum absolute atomic E-state index is 0.662. The molecule has 0 amide bonds. The Hall–Kier alpha value is -1.58. The molecule has 0 aliphatic heterocycles. The van der Waals surface area contributed by atoms with Gasteiger partial charge in [-0.05, 0) is 18.9 Å². The van der Waals surface area contributed by atoms with Gasteiger partial charge in [0.1, 0.15) is 0 Å². The van der Waals surface area contributed by atoms with Gasteiger partial charge in [0.15, 0.2) is 0 Å². The molecule has 0 fully saturated rings. The quantitative estimate of drug-likeness (QED) is 0.129. The molecular formula is C22H38O4. The molecule has 0 aliphatic rings. The largest absolute Gasteiger partial charge is 0.478 e. The summed E-state index contributed by atoms with van der Waals surface area (Å²) in [5.74, 6) is -1.82. The second-order valence-electron chi connectivity index (χ2n) is 6.87. The SMILES string of the molecule is CCCCCCCCCCCCCCCCC=COC(=O)C=CC(=O)O. The first-order valence-electron chi connectivity index (χ1n) is 10.4. The van der Waals surface area contributed by atoms with Crippen molar-refractivity contribution in [3.63, 3.8) is 0 Å². The number of carbonyl (C=O) groups is 2. The minimum atomic E-state index is -1.16. The van der Waals surface area contributed by atoms with E-state index in [0.717, 1.165) is 25.0 Å². The fraction of sp³-hybridized carbons (Fsp3) is 0.727. The van der Waals surface area contributed by atoms with Crippen LogP contribution in [0, 0.1) is 0 Å². The summed E-state index contributed by atoms with van der Waals surface area (Å²) in [5, 5.41) is 8.37. The average molecular weight is 367 g/mol. The van der Waals surface area contributed by atoms with E-state index in [1.807, 2.05) is 6.08 Å². The summed E-state index contributed by atoms with van der Waals surface area (Å²) in [5.41, 5.74) is 0. The monoisotopic (exact) mass is 366 g/mol. The number of aliphatic carboxylic acids is 1. The van der Waals surface area contributed by atoms with E-state index in [4.69, 9.17) is 9.84 Å². The van der Waals surface area contributed by atoms with E-state index < -0.39 is 11.9 Å². The lowest BCUT2D eigenvalue weighted by molar-refractivity contribution is -0.134. The van der Waals surface area contributed by atoms with Crippen molar-refractivity contribution in [2.24, 2.45) is 0 Å². The van der Waals surface area contributed by atoms with E-state index >= 15 is 0 Å². The maximum atomic E-state index is 11.1. The van der Waals surface area contributed by atoms with Gasteiger partial charge in [-0.2, -0.15) is 0 Å². The second-order valence-corrected chi connectivity index (χ2v) is 6.87. The normalized spacial score (nSPS) is 11.4. The van der Waals surface area contributed by atoms with Gasteiger partial charge < -0.3 is 9.84 Å². The van der Waals surface area contributed by atoms with E-state index in [1.54, 1.807) is 0 Å². The van der Waals surface area contributed by atoms with E-state index in [1.165, 1.54) is 89.7 Å². The summed E-state index contributed by atoms with van der Waals surface area (Å²) in [6.45, 7) is 2.26. The third kappa shape index (κ3) is 20.5. The van der Waals surface area contributed by atoms with E-state index in [9.17, 15) is 9.59 Å². The number of unbranched alkanes of at least 4 members (excludes halogenated alkanes) is 14. The molecule has 0 radical (unpaired) electrons. The summed E-state index contributed by atoms with van der Waals surface area (Å²) in [6, 6.07) is 0. The molecule has 4 nitrogen and oxygen atoms in total. The molecule has 0 saturated carbocycles. The Bertz CT molecular complexity index is 399. The summed E-state index contributed by atoms with van der Waals surface area (Å²) >= 11 is 0. The number of hydrogen-bond acceptors (Lipinski definition) is 3. The second kappa shape index (κ2) is 19.7. The van der Waals surface area contributed by atoms with Gasteiger partial charge in [0.2, 0.25) is 0 Å².